The van der Waals surface area contributed by atoms with Crippen LogP contribution in [0.5, 0.6) is 0 Å². The zero-order valence-electron chi connectivity index (χ0n) is 11.2. The van der Waals surface area contributed by atoms with Crippen LogP contribution in [0.3, 0.4) is 0 Å². The monoisotopic (exact) mass is 237 g/mol. The first-order chi connectivity index (χ1) is 7.90. The molecule has 17 heavy (non-hydrogen) atoms. The lowest BCUT2D eigenvalue weighted by Gasteiger charge is -2.18. The fourth-order valence-electron chi connectivity index (χ4n) is 1.44. The SMILES string of the molecule is CCNc1cc(NCCC(C)(C)N)nc(C)n1. The summed E-state index contributed by atoms with van der Waals surface area (Å²) in [6, 6.07) is 1.92. The topological polar surface area (TPSA) is 75.9 Å². The Morgan fingerprint density at radius 3 is 2.35 bits per heavy atom. The molecule has 1 rings (SSSR count). The van der Waals surface area contributed by atoms with Crippen molar-refractivity contribution in [3.63, 3.8) is 0 Å². The van der Waals surface area contributed by atoms with Crippen molar-refractivity contribution < 1.29 is 0 Å². The number of nitrogens with zero attached hydrogens (tertiary/aromatic N) is 2. The lowest BCUT2D eigenvalue weighted by atomic mass is 10.0. The highest BCUT2D eigenvalue weighted by atomic mass is 15.1. The summed E-state index contributed by atoms with van der Waals surface area (Å²) >= 11 is 0. The van der Waals surface area contributed by atoms with Crippen molar-refractivity contribution in [3.05, 3.63) is 11.9 Å². The molecule has 5 nitrogen and oxygen atoms in total. The Hall–Kier alpha value is -1.36. The lowest BCUT2D eigenvalue weighted by molar-refractivity contribution is 0.490. The molecular weight excluding hydrogens is 214 g/mol. The molecule has 0 spiro atoms. The van der Waals surface area contributed by atoms with Crippen LogP contribution in [0.15, 0.2) is 6.07 Å². The van der Waals surface area contributed by atoms with Crippen molar-refractivity contribution in [2.45, 2.75) is 39.7 Å². The smallest absolute Gasteiger partial charge is 0.131 e. The molecule has 4 N–H and O–H groups in total. The molecule has 1 aromatic heterocycles. The van der Waals surface area contributed by atoms with Crippen LogP contribution in [0.25, 0.3) is 0 Å². The summed E-state index contributed by atoms with van der Waals surface area (Å²) in [6.07, 6.45) is 0.895. The Morgan fingerprint density at radius 2 is 1.82 bits per heavy atom. The first kappa shape index (κ1) is 13.7. The van der Waals surface area contributed by atoms with E-state index in [-0.39, 0.29) is 5.54 Å². The first-order valence-electron chi connectivity index (χ1n) is 6.03. The highest BCUT2D eigenvalue weighted by Crippen LogP contribution is 2.11. The summed E-state index contributed by atoms with van der Waals surface area (Å²) in [5.41, 5.74) is 5.77. The van der Waals surface area contributed by atoms with Gasteiger partial charge in [-0.25, -0.2) is 9.97 Å². The van der Waals surface area contributed by atoms with Gasteiger partial charge in [0.05, 0.1) is 0 Å². The number of anilines is 2. The summed E-state index contributed by atoms with van der Waals surface area (Å²) in [5, 5.41) is 6.45. The Kier molecular flexibility index (Phi) is 4.69. The van der Waals surface area contributed by atoms with Gasteiger partial charge in [0.25, 0.3) is 0 Å². The van der Waals surface area contributed by atoms with E-state index in [1.165, 1.54) is 0 Å². The molecule has 96 valence electrons. The van der Waals surface area contributed by atoms with Gasteiger partial charge in [0.1, 0.15) is 17.5 Å². The largest absolute Gasteiger partial charge is 0.370 e. The number of rotatable bonds is 6. The molecule has 0 aliphatic rings. The van der Waals surface area contributed by atoms with Crippen molar-refractivity contribution in [2.24, 2.45) is 5.73 Å². The fourth-order valence-corrected chi connectivity index (χ4v) is 1.44. The van der Waals surface area contributed by atoms with Crippen LogP contribution in [0, 0.1) is 6.92 Å². The van der Waals surface area contributed by atoms with Gasteiger partial charge in [0, 0.05) is 24.7 Å². The van der Waals surface area contributed by atoms with Crippen molar-refractivity contribution in [1.29, 1.82) is 0 Å². The van der Waals surface area contributed by atoms with Gasteiger partial charge in [0.15, 0.2) is 0 Å². The molecule has 0 amide bonds. The number of nitrogens with one attached hydrogen (secondary N) is 2. The average molecular weight is 237 g/mol. The van der Waals surface area contributed by atoms with Crippen molar-refractivity contribution in [2.75, 3.05) is 23.7 Å². The maximum absolute atomic E-state index is 5.92. The van der Waals surface area contributed by atoms with Crippen molar-refractivity contribution >= 4 is 11.6 Å². The number of hydrogen-bond donors (Lipinski definition) is 3. The zero-order valence-corrected chi connectivity index (χ0v) is 11.2. The van der Waals surface area contributed by atoms with Crippen LogP contribution >= 0.6 is 0 Å². The minimum absolute atomic E-state index is 0.153. The van der Waals surface area contributed by atoms with E-state index >= 15 is 0 Å². The van der Waals surface area contributed by atoms with E-state index in [4.69, 9.17) is 5.73 Å². The molecular formula is C12H23N5. The third-order valence-corrected chi connectivity index (χ3v) is 2.27. The summed E-state index contributed by atoms with van der Waals surface area (Å²) in [5.74, 6) is 2.46. The van der Waals surface area contributed by atoms with Crippen molar-refractivity contribution in [1.82, 2.24) is 9.97 Å². The van der Waals surface area contributed by atoms with Gasteiger partial charge in [-0.2, -0.15) is 0 Å². The summed E-state index contributed by atoms with van der Waals surface area (Å²) in [6.45, 7) is 9.63. The van der Waals surface area contributed by atoms with Gasteiger partial charge < -0.3 is 16.4 Å². The second-order valence-electron chi connectivity index (χ2n) is 4.88. The average Bonchev–Trinajstić information content (AvgIpc) is 2.15. The van der Waals surface area contributed by atoms with E-state index in [0.717, 1.165) is 37.0 Å². The molecule has 0 aliphatic carbocycles. The number of aromatic nitrogens is 2. The number of nitrogens with two attached hydrogens (primary N) is 1. The quantitative estimate of drug-likeness (QED) is 0.703. The van der Waals surface area contributed by atoms with E-state index in [1.807, 2.05) is 33.8 Å². The predicted molar refractivity (Wildman–Crippen MR) is 72.3 cm³/mol. The Labute approximate surface area is 103 Å². The van der Waals surface area contributed by atoms with Crippen LogP contribution in [0.1, 0.15) is 33.0 Å². The van der Waals surface area contributed by atoms with E-state index in [1.54, 1.807) is 0 Å². The van der Waals surface area contributed by atoms with E-state index < -0.39 is 0 Å². The lowest BCUT2D eigenvalue weighted by Crippen LogP contribution is -2.34. The molecule has 1 heterocycles. The second-order valence-corrected chi connectivity index (χ2v) is 4.88. The minimum atomic E-state index is -0.153. The third kappa shape index (κ3) is 5.49. The highest BCUT2D eigenvalue weighted by Gasteiger charge is 2.09. The van der Waals surface area contributed by atoms with Crippen LogP contribution in [0.4, 0.5) is 11.6 Å². The highest BCUT2D eigenvalue weighted by molar-refractivity contribution is 5.47. The first-order valence-corrected chi connectivity index (χ1v) is 6.03. The van der Waals surface area contributed by atoms with E-state index in [2.05, 4.69) is 20.6 Å². The van der Waals surface area contributed by atoms with Crippen LogP contribution in [-0.2, 0) is 0 Å². The molecule has 5 heteroatoms. The van der Waals surface area contributed by atoms with Crippen LogP contribution in [-0.4, -0.2) is 28.6 Å². The maximum Gasteiger partial charge on any atom is 0.131 e. The van der Waals surface area contributed by atoms with E-state index in [9.17, 15) is 0 Å². The molecule has 0 unspecified atom stereocenters. The molecule has 0 saturated heterocycles. The zero-order chi connectivity index (χ0) is 12.9. The Balaban J connectivity index is 2.58. The summed E-state index contributed by atoms with van der Waals surface area (Å²) in [7, 11) is 0. The molecule has 0 aliphatic heterocycles. The third-order valence-electron chi connectivity index (χ3n) is 2.27. The Morgan fingerprint density at radius 1 is 1.24 bits per heavy atom. The molecule has 0 saturated carbocycles. The van der Waals surface area contributed by atoms with Crippen LogP contribution in [0.2, 0.25) is 0 Å². The van der Waals surface area contributed by atoms with Gasteiger partial charge in [-0.1, -0.05) is 0 Å². The van der Waals surface area contributed by atoms with Crippen LogP contribution < -0.4 is 16.4 Å². The molecule has 0 radical (unpaired) electrons. The molecule has 0 atom stereocenters. The maximum atomic E-state index is 5.92. The summed E-state index contributed by atoms with van der Waals surface area (Å²) < 4.78 is 0. The van der Waals surface area contributed by atoms with Gasteiger partial charge >= 0.3 is 0 Å². The molecule has 1 aromatic rings. The molecule has 0 bridgehead atoms. The standard InChI is InChI=1S/C12H23N5/c1-5-14-10-8-11(17-9(2)16-10)15-7-6-12(3,4)13/h8H,5-7,13H2,1-4H3,(H2,14,15,16,17). The van der Waals surface area contributed by atoms with Gasteiger partial charge in [-0.15, -0.1) is 0 Å². The van der Waals surface area contributed by atoms with Gasteiger partial charge in [-0.05, 0) is 34.1 Å². The number of aryl methyl sites for hydroxylation is 1. The van der Waals surface area contributed by atoms with Gasteiger partial charge in [0.2, 0.25) is 0 Å². The Bertz CT molecular complexity index is 356. The predicted octanol–water partition coefficient (Wildman–Crippen LogP) is 1.76. The second kappa shape index (κ2) is 5.82. The fraction of sp³-hybridized carbons (Fsp3) is 0.667. The molecule has 0 fully saturated rings. The van der Waals surface area contributed by atoms with E-state index in [0.29, 0.717) is 0 Å². The van der Waals surface area contributed by atoms with Crippen molar-refractivity contribution in [3.8, 4) is 0 Å². The van der Waals surface area contributed by atoms with Gasteiger partial charge in [-0.3, -0.25) is 0 Å². The summed E-state index contributed by atoms with van der Waals surface area (Å²) in [4.78, 5) is 8.63. The normalized spacial score (nSPS) is 11.4. The minimum Gasteiger partial charge on any atom is -0.370 e. The number of hydrogen-bond acceptors (Lipinski definition) is 5. The molecule has 0 aromatic carbocycles.